The lowest BCUT2D eigenvalue weighted by Crippen LogP contribution is -2.10. The van der Waals surface area contributed by atoms with Gasteiger partial charge >= 0.3 is 0 Å². The number of benzene rings is 2. The number of ketones is 1. The van der Waals surface area contributed by atoms with Crippen LogP contribution in [0.15, 0.2) is 48.5 Å². The minimum absolute atomic E-state index is 0.0175. The van der Waals surface area contributed by atoms with E-state index in [0.29, 0.717) is 30.1 Å². The lowest BCUT2D eigenvalue weighted by atomic mass is 9.98. The Bertz CT molecular complexity index is 590. The molecule has 0 aliphatic carbocycles. The number of carbonyl (C=O) groups excluding carboxylic acids is 1. The minimum atomic E-state index is -0.0175. The SMILES string of the molecule is COCCOc1ccccc1C(=O)c1ccccc1C. The van der Waals surface area contributed by atoms with E-state index in [2.05, 4.69) is 0 Å². The number of para-hydroxylation sites is 1. The van der Waals surface area contributed by atoms with Crippen molar-refractivity contribution in [1.82, 2.24) is 0 Å². The van der Waals surface area contributed by atoms with Gasteiger partial charge in [-0.1, -0.05) is 36.4 Å². The first-order valence-corrected chi connectivity index (χ1v) is 6.55. The van der Waals surface area contributed by atoms with Crippen LogP contribution in [0.2, 0.25) is 0 Å². The molecule has 0 bridgehead atoms. The molecule has 0 aromatic heterocycles. The van der Waals surface area contributed by atoms with Crippen LogP contribution in [-0.2, 0) is 4.74 Å². The molecule has 0 radical (unpaired) electrons. The molecule has 2 aromatic carbocycles. The minimum Gasteiger partial charge on any atom is -0.490 e. The highest BCUT2D eigenvalue weighted by Gasteiger charge is 2.15. The Balaban J connectivity index is 2.28. The molecule has 3 nitrogen and oxygen atoms in total. The third-order valence-corrected chi connectivity index (χ3v) is 3.07. The first kappa shape index (κ1) is 14.3. The number of aryl methyl sites for hydroxylation is 1. The van der Waals surface area contributed by atoms with Crippen LogP contribution in [0.1, 0.15) is 21.5 Å². The van der Waals surface area contributed by atoms with Crippen LogP contribution in [0, 0.1) is 6.92 Å². The van der Waals surface area contributed by atoms with E-state index in [1.165, 1.54) is 0 Å². The van der Waals surface area contributed by atoms with Crippen molar-refractivity contribution >= 4 is 5.78 Å². The molecule has 2 rings (SSSR count). The van der Waals surface area contributed by atoms with Crippen molar-refractivity contribution in [2.75, 3.05) is 20.3 Å². The van der Waals surface area contributed by atoms with Crippen LogP contribution < -0.4 is 4.74 Å². The summed E-state index contributed by atoms with van der Waals surface area (Å²) in [4.78, 5) is 12.6. The summed E-state index contributed by atoms with van der Waals surface area (Å²) in [6.07, 6.45) is 0. The average molecular weight is 270 g/mol. The van der Waals surface area contributed by atoms with E-state index in [4.69, 9.17) is 9.47 Å². The summed E-state index contributed by atoms with van der Waals surface area (Å²) in [5.74, 6) is 0.578. The topological polar surface area (TPSA) is 35.5 Å². The Morgan fingerprint density at radius 1 is 0.950 bits per heavy atom. The molecule has 0 unspecified atom stereocenters. The summed E-state index contributed by atoms with van der Waals surface area (Å²) in [7, 11) is 1.62. The van der Waals surface area contributed by atoms with E-state index in [1.54, 1.807) is 19.2 Å². The highest BCUT2D eigenvalue weighted by Crippen LogP contribution is 2.22. The van der Waals surface area contributed by atoms with Gasteiger partial charge in [-0.25, -0.2) is 0 Å². The molecule has 0 saturated carbocycles. The summed E-state index contributed by atoms with van der Waals surface area (Å²) in [6, 6.07) is 14.9. The van der Waals surface area contributed by atoms with Gasteiger partial charge in [0.2, 0.25) is 0 Å². The molecule has 0 spiro atoms. The maximum absolute atomic E-state index is 12.6. The van der Waals surface area contributed by atoms with Gasteiger partial charge in [-0.05, 0) is 24.6 Å². The zero-order valence-electron chi connectivity index (χ0n) is 11.8. The fourth-order valence-corrected chi connectivity index (χ4v) is 1.99. The molecule has 3 heteroatoms. The molecule has 0 saturated heterocycles. The molecule has 0 N–H and O–H groups in total. The second-order valence-corrected chi connectivity index (χ2v) is 4.48. The summed E-state index contributed by atoms with van der Waals surface area (Å²) in [6.45, 7) is 2.85. The van der Waals surface area contributed by atoms with Crippen molar-refractivity contribution < 1.29 is 14.3 Å². The van der Waals surface area contributed by atoms with Gasteiger partial charge in [-0.15, -0.1) is 0 Å². The molecule has 0 aliphatic heterocycles. The second kappa shape index (κ2) is 6.87. The van der Waals surface area contributed by atoms with Crippen molar-refractivity contribution in [2.24, 2.45) is 0 Å². The van der Waals surface area contributed by atoms with Gasteiger partial charge in [0, 0.05) is 12.7 Å². The van der Waals surface area contributed by atoms with Crippen LogP contribution in [-0.4, -0.2) is 26.1 Å². The van der Waals surface area contributed by atoms with E-state index < -0.39 is 0 Å². The standard InChI is InChI=1S/C17H18O3/c1-13-7-3-4-8-14(13)17(18)15-9-5-6-10-16(15)20-12-11-19-2/h3-10H,11-12H2,1-2H3. The average Bonchev–Trinajstić information content (AvgIpc) is 2.48. The van der Waals surface area contributed by atoms with Gasteiger partial charge < -0.3 is 9.47 Å². The van der Waals surface area contributed by atoms with Gasteiger partial charge in [0.25, 0.3) is 0 Å². The maximum Gasteiger partial charge on any atom is 0.197 e. The first-order valence-electron chi connectivity index (χ1n) is 6.55. The molecular weight excluding hydrogens is 252 g/mol. The van der Waals surface area contributed by atoms with Crippen molar-refractivity contribution in [1.29, 1.82) is 0 Å². The predicted octanol–water partition coefficient (Wildman–Crippen LogP) is 3.25. The molecule has 0 atom stereocenters. The molecule has 0 heterocycles. The Morgan fingerprint density at radius 2 is 1.60 bits per heavy atom. The fourth-order valence-electron chi connectivity index (χ4n) is 1.99. The monoisotopic (exact) mass is 270 g/mol. The quantitative estimate of drug-likeness (QED) is 0.597. The predicted molar refractivity (Wildman–Crippen MR) is 78.4 cm³/mol. The summed E-state index contributed by atoms with van der Waals surface area (Å²) >= 11 is 0. The van der Waals surface area contributed by atoms with E-state index in [0.717, 1.165) is 5.56 Å². The van der Waals surface area contributed by atoms with Gasteiger partial charge in [0.05, 0.1) is 12.2 Å². The highest BCUT2D eigenvalue weighted by molar-refractivity contribution is 6.11. The smallest absolute Gasteiger partial charge is 0.197 e. The largest absolute Gasteiger partial charge is 0.490 e. The Morgan fingerprint density at radius 3 is 2.30 bits per heavy atom. The van der Waals surface area contributed by atoms with Gasteiger partial charge in [-0.3, -0.25) is 4.79 Å². The van der Waals surface area contributed by atoms with Crippen LogP contribution in [0.4, 0.5) is 0 Å². The number of methoxy groups -OCH3 is 1. The highest BCUT2D eigenvalue weighted by atomic mass is 16.5. The van der Waals surface area contributed by atoms with Crippen LogP contribution in [0.5, 0.6) is 5.75 Å². The number of hydrogen-bond acceptors (Lipinski definition) is 3. The van der Waals surface area contributed by atoms with E-state index >= 15 is 0 Å². The van der Waals surface area contributed by atoms with E-state index in [1.807, 2.05) is 43.3 Å². The summed E-state index contributed by atoms with van der Waals surface area (Å²) in [5, 5.41) is 0. The third-order valence-electron chi connectivity index (χ3n) is 3.07. The van der Waals surface area contributed by atoms with E-state index in [-0.39, 0.29) is 5.78 Å². The normalized spacial score (nSPS) is 10.3. The molecular formula is C17H18O3. The van der Waals surface area contributed by atoms with Gasteiger partial charge in [0.15, 0.2) is 5.78 Å². The van der Waals surface area contributed by atoms with Gasteiger partial charge in [-0.2, -0.15) is 0 Å². The number of carbonyl (C=O) groups is 1. The lowest BCUT2D eigenvalue weighted by Gasteiger charge is -2.11. The fraction of sp³-hybridized carbons (Fsp3) is 0.235. The molecule has 0 amide bonds. The molecule has 0 fully saturated rings. The molecule has 0 aliphatic rings. The van der Waals surface area contributed by atoms with Crippen LogP contribution >= 0.6 is 0 Å². The Kier molecular flexibility index (Phi) is 4.91. The molecule has 20 heavy (non-hydrogen) atoms. The summed E-state index contributed by atoms with van der Waals surface area (Å²) < 4.78 is 10.6. The van der Waals surface area contributed by atoms with Crippen molar-refractivity contribution in [3.63, 3.8) is 0 Å². The Hall–Kier alpha value is -2.13. The third kappa shape index (κ3) is 3.25. The van der Waals surface area contributed by atoms with E-state index in [9.17, 15) is 4.79 Å². The lowest BCUT2D eigenvalue weighted by molar-refractivity contribution is 0.103. The zero-order valence-corrected chi connectivity index (χ0v) is 11.8. The van der Waals surface area contributed by atoms with Crippen molar-refractivity contribution in [3.05, 3.63) is 65.2 Å². The number of rotatable bonds is 6. The van der Waals surface area contributed by atoms with Crippen molar-refractivity contribution in [3.8, 4) is 5.75 Å². The van der Waals surface area contributed by atoms with Crippen molar-refractivity contribution in [2.45, 2.75) is 6.92 Å². The van der Waals surface area contributed by atoms with Crippen LogP contribution in [0.3, 0.4) is 0 Å². The first-order chi connectivity index (χ1) is 9.74. The second-order valence-electron chi connectivity index (χ2n) is 4.48. The zero-order chi connectivity index (χ0) is 14.4. The summed E-state index contributed by atoms with van der Waals surface area (Å²) in [5.41, 5.74) is 2.25. The molecule has 2 aromatic rings. The number of ether oxygens (including phenoxy) is 2. The van der Waals surface area contributed by atoms with Crippen LogP contribution in [0.25, 0.3) is 0 Å². The maximum atomic E-state index is 12.6. The molecule has 104 valence electrons. The van der Waals surface area contributed by atoms with Gasteiger partial charge in [0.1, 0.15) is 12.4 Å². The Labute approximate surface area is 119 Å². The number of hydrogen-bond donors (Lipinski definition) is 0.